The van der Waals surface area contributed by atoms with Crippen molar-refractivity contribution in [1.29, 1.82) is 0 Å². The van der Waals surface area contributed by atoms with Crippen LogP contribution in [0, 0.1) is 0 Å². The highest BCUT2D eigenvalue weighted by Crippen LogP contribution is 2.16. The van der Waals surface area contributed by atoms with Crippen molar-refractivity contribution in [2.24, 2.45) is 5.73 Å². The summed E-state index contributed by atoms with van der Waals surface area (Å²) in [5, 5.41) is 9.97. The Kier molecular flexibility index (Phi) is 6.32. The van der Waals surface area contributed by atoms with Gasteiger partial charge in [0.15, 0.2) is 0 Å². The molecule has 4 heteroatoms. The van der Waals surface area contributed by atoms with E-state index in [1.165, 1.54) is 0 Å². The van der Waals surface area contributed by atoms with Gasteiger partial charge in [-0.15, -0.1) is 0 Å². The Bertz CT molecular complexity index is 601. The second-order valence-electron chi connectivity index (χ2n) is 5.65. The number of aliphatic hydroxyl groups excluding tert-OH is 1. The Labute approximate surface area is 137 Å². The average Bonchev–Trinajstić information content (AvgIpc) is 2.61. The molecule has 2 aromatic carbocycles. The third-order valence-electron chi connectivity index (χ3n) is 3.86. The molecule has 0 aliphatic heterocycles. The summed E-state index contributed by atoms with van der Waals surface area (Å²) in [6.45, 7) is 2.62. The van der Waals surface area contributed by atoms with E-state index < -0.39 is 12.1 Å². The van der Waals surface area contributed by atoms with Crippen molar-refractivity contribution < 1.29 is 9.90 Å². The Morgan fingerprint density at radius 1 is 1.09 bits per heavy atom. The molecule has 0 bridgehead atoms. The predicted octanol–water partition coefficient (Wildman–Crippen LogP) is 2.49. The summed E-state index contributed by atoms with van der Waals surface area (Å²) < 4.78 is 0. The molecule has 0 aromatic heterocycles. The van der Waals surface area contributed by atoms with Crippen molar-refractivity contribution in [3.05, 3.63) is 71.8 Å². The van der Waals surface area contributed by atoms with Gasteiger partial charge in [-0.2, -0.15) is 0 Å². The number of nitrogens with two attached hydrogens (primary N) is 1. The number of hydrogen-bond donors (Lipinski definition) is 2. The van der Waals surface area contributed by atoms with Gasteiger partial charge in [0.25, 0.3) is 0 Å². The zero-order chi connectivity index (χ0) is 16.7. The van der Waals surface area contributed by atoms with Gasteiger partial charge in [-0.3, -0.25) is 4.79 Å². The van der Waals surface area contributed by atoms with Gasteiger partial charge in [0.05, 0.1) is 6.10 Å². The molecule has 2 rings (SSSR count). The van der Waals surface area contributed by atoms with Crippen LogP contribution in [0.2, 0.25) is 0 Å². The lowest BCUT2D eigenvalue weighted by atomic mass is 10.1. The van der Waals surface area contributed by atoms with E-state index in [-0.39, 0.29) is 12.5 Å². The lowest BCUT2D eigenvalue weighted by Crippen LogP contribution is -2.42. The molecular formula is C19H24N2O2. The van der Waals surface area contributed by atoms with Gasteiger partial charge < -0.3 is 15.7 Å². The predicted molar refractivity (Wildman–Crippen MR) is 91.5 cm³/mol. The molecule has 0 radical (unpaired) electrons. The first-order valence-corrected chi connectivity index (χ1v) is 7.93. The van der Waals surface area contributed by atoms with Crippen LogP contribution in [-0.4, -0.2) is 28.6 Å². The van der Waals surface area contributed by atoms with Crippen LogP contribution in [0.4, 0.5) is 0 Å². The minimum Gasteiger partial charge on any atom is -0.391 e. The zero-order valence-electron chi connectivity index (χ0n) is 13.4. The molecule has 0 saturated heterocycles. The molecule has 0 fully saturated rings. The fourth-order valence-electron chi connectivity index (χ4n) is 2.42. The van der Waals surface area contributed by atoms with Crippen LogP contribution in [0.15, 0.2) is 60.7 Å². The topological polar surface area (TPSA) is 66.6 Å². The van der Waals surface area contributed by atoms with Gasteiger partial charge in [-0.25, -0.2) is 0 Å². The molecule has 3 N–H and O–H groups in total. The van der Waals surface area contributed by atoms with E-state index in [1.807, 2.05) is 67.6 Å². The Hall–Kier alpha value is -2.17. The van der Waals surface area contributed by atoms with Gasteiger partial charge in [-0.1, -0.05) is 67.6 Å². The third kappa shape index (κ3) is 4.91. The van der Waals surface area contributed by atoms with E-state index in [9.17, 15) is 9.90 Å². The molecule has 0 aliphatic rings. The summed E-state index contributed by atoms with van der Waals surface area (Å²) in [7, 11) is 0. The molecule has 0 aliphatic carbocycles. The second kappa shape index (κ2) is 8.46. The third-order valence-corrected chi connectivity index (χ3v) is 3.86. The maximum atomic E-state index is 12.8. The molecular weight excluding hydrogens is 288 g/mol. The van der Waals surface area contributed by atoms with E-state index >= 15 is 0 Å². The number of amides is 1. The number of benzene rings is 2. The van der Waals surface area contributed by atoms with E-state index in [0.717, 1.165) is 11.1 Å². The molecule has 122 valence electrons. The normalized spacial score (nSPS) is 13.3. The highest BCUT2D eigenvalue weighted by molar-refractivity contribution is 5.83. The first-order valence-electron chi connectivity index (χ1n) is 7.93. The summed E-state index contributed by atoms with van der Waals surface area (Å²) in [4.78, 5) is 14.4. The number of nitrogens with zero attached hydrogens (tertiary/aromatic N) is 1. The van der Waals surface area contributed by atoms with Gasteiger partial charge in [0.2, 0.25) is 5.91 Å². The van der Waals surface area contributed by atoms with Gasteiger partial charge in [0.1, 0.15) is 6.04 Å². The molecule has 0 spiro atoms. The van der Waals surface area contributed by atoms with E-state index in [1.54, 1.807) is 4.90 Å². The van der Waals surface area contributed by atoms with Crippen molar-refractivity contribution in [3.8, 4) is 0 Å². The fourth-order valence-corrected chi connectivity index (χ4v) is 2.42. The van der Waals surface area contributed by atoms with Crippen molar-refractivity contribution in [1.82, 2.24) is 4.90 Å². The first-order chi connectivity index (χ1) is 11.1. The number of rotatable bonds is 7. The summed E-state index contributed by atoms with van der Waals surface area (Å²) in [5.41, 5.74) is 7.93. The number of hydrogen-bond acceptors (Lipinski definition) is 3. The van der Waals surface area contributed by atoms with Crippen LogP contribution in [0.3, 0.4) is 0 Å². The summed E-state index contributed by atoms with van der Waals surface area (Å²) >= 11 is 0. The molecule has 0 saturated carbocycles. The van der Waals surface area contributed by atoms with Crippen molar-refractivity contribution in [3.63, 3.8) is 0 Å². The summed E-state index contributed by atoms with van der Waals surface area (Å²) in [6.07, 6.45) is 0.0460. The van der Waals surface area contributed by atoms with Crippen LogP contribution in [0.1, 0.15) is 30.5 Å². The minimum atomic E-state index is -0.719. The lowest BCUT2D eigenvalue weighted by molar-refractivity contribution is -0.134. The fraction of sp³-hybridized carbons (Fsp3) is 0.316. The van der Waals surface area contributed by atoms with Crippen LogP contribution >= 0.6 is 0 Å². The van der Waals surface area contributed by atoms with Crippen LogP contribution in [0.25, 0.3) is 0 Å². The van der Waals surface area contributed by atoms with Crippen molar-refractivity contribution >= 4 is 5.91 Å². The first kappa shape index (κ1) is 17.2. The lowest BCUT2D eigenvalue weighted by Gasteiger charge is -2.28. The van der Waals surface area contributed by atoms with Gasteiger partial charge >= 0.3 is 0 Å². The molecule has 1 amide bonds. The van der Waals surface area contributed by atoms with E-state index in [2.05, 4.69) is 0 Å². The number of aliphatic hydroxyl groups is 1. The molecule has 23 heavy (non-hydrogen) atoms. The van der Waals surface area contributed by atoms with Gasteiger partial charge in [0, 0.05) is 13.1 Å². The van der Waals surface area contributed by atoms with Crippen molar-refractivity contribution in [2.75, 3.05) is 6.54 Å². The summed E-state index contributed by atoms with van der Waals surface area (Å²) in [6, 6.07) is 18.3. The largest absolute Gasteiger partial charge is 0.391 e. The number of carbonyl (C=O) groups excluding carboxylic acids is 1. The molecule has 2 aromatic rings. The molecule has 2 unspecified atom stereocenters. The zero-order valence-corrected chi connectivity index (χ0v) is 13.4. The quantitative estimate of drug-likeness (QED) is 0.825. The smallest absolute Gasteiger partial charge is 0.244 e. The van der Waals surface area contributed by atoms with Crippen LogP contribution in [0.5, 0.6) is 0 Å². The Balaban J connectivity index is 2.16. The molecule has 2 atom stereocenters. The van der Waals surface area contributed by atoms with E-state index in [0.29, 0.717) is 13.0 Å². The average molecular weight is 312 g/mol. The highest BCUT2D eigenvalue weighted by Gasteiger charge is 2.24. The standard InChI is InChI=1S/C19H24N2O2/c1-2-17(22)14-21(13-15-9-5-3-6-10-15)19(23)18(20)16-11-7-4-8-12-16/h3-12,17-18,22H,2,13-14,20H2,1H3. The number of carbonyl (C=O) groups is 1. The minimum absolute atomic E-state index is 0.174. The molecule has 4 nitrogen and oxygen atoms in total. The summed E-state index contributed by atoms with van der Waals surface area (Å²) in [5.74, 6) is -0.174. The van der Waals surface area contributed by atoms with Crippen LogP contribution < -0.4 is 5.73 Å². The molecule has 0 heterocycles. The van der Waals surface area contributed by atoms with Crippen molar-refractivity contribution in [2.45, 2.75) is 32.0 Å². The second-order valence-corrected chi connectivity index (χ2v) is 5.65. The van der Waals surface area contributed by atoms with Gasteiger partial charge in [-0.05, 0) is 17.5 Å². The van der Waals surface area contributed by atoms with E-state index in [4.69, 9.17) is 5.73 Å². The maximum absolute atomic E-state index is 12.8. The Morgan fingerprint density at radius 2 is 1.65 bits per heavy atom. The SMILES string of the molecule is CCC(O)CN(Cc1ccccc1)C(=O)C(N)c1ccccc1. The highest BCUT2D eigenvalue weighted by atomic mass is 16.3. The van der Waals surface area contributed by atoms with Crippen LogP contribution in [-0.2, 0) is 11.3 Å². The maximum Gasteiger partial charge on any atom is 0.244 e. The Morgan fingerprint density at radius 3 is 2.22 bits per heavy atom. The monoisotopic (exact) mass is 312 g/mol.